The van der Waals surface area contributed by atoms with Crippen molar-refractivity contribution in [3.05, 3.63) is 29.8 Å². The summed E-state index contributed by atoms with van der Waals surface area (Å²) in [5.74, 6) is 1.25. The zero-order chi connectivity index (χ0) is 14.4. The lowest BCUT2D eigenvalue weighted by atomic mass is 10.0. The van der Waals surface area contributed by atoms with E-state index in [0.29, 0.717) is 19.1 Å². The summed E-state index contributed by atoms with van der Waals surface area (Å²) in [5, 5.41) is 0. The van der Waals surface area contributed by atoms with E-state index < -0.39 is 6.04 Å². The van der Waals surface area contributed by atoms with Gasteiger partial charge in [0.1, 0.15) is 12.4 Å². The molecule has 0 fully saturated rings. The molecule has 1 amide bonds. The van der Waals surface area contributed by atoms with Crippen LogP contribution in [0.25, 0.3) is 0 Å². The molecule has 0 spiro atoms. The van der Waals surface area contributed by atoms with Crippen molar-refractivity contribution in [2.45, 2.75) is 32.7 Å². The second-order valence-corrected chi connectivity index (χ2v) is 5.12. The highest BCUT2D eigenvalue weighted by Gasteiger charge is 2.12. The van der Waals surface area contributed by atoms with E-state index in [9.17, 15) is 4.79 Å². The van der Waals surface area contributed by atoms with E-state index in [-0.39, 0.29) is 5.91 Å². The molecule has 1 rings (SSSR count). The van der Waals surface area contributed by atoms with Crippen molar-refractivity contribution < 1.29 is 9.53 Å². The smallest absolute Gasteiger partial charge is 0.239 e. The molecule has 1 atom stereocenters. The summed E-state index contributed by atoms with van der Waals surface area (Å²) in [5.41, 5.74) is 6.79. The number of nitrogens with two attached hydrogens (primary N) is 1. The molecular weight excluding hydrogens is 240 g/mol. The van der Waals surface area contributed by atoms with Crippen molar-refractivity contribution in [2.75, 3.05) is 20.2 Å². The van der Waals surface area contributed by atoms with Gasteiger partial charge in [-0.3, -0.25) is 4.79 Å². The molecule has 4 heteroatoms. The van der Waals surface area contributed by atoms with Crippen LogP contribution < -0.4 is 10.5 Å². The molecule has 0 bridgehead atoms. The molecule has 1 aromatic carbocycles. The molecule has 2 N–H and O–H groups in total. The van der Waals surface area contributed by atoms with Crippen molar-refractivity contribution in [3.63, 3.8) is 0 Å². The standard InChI is InChI=1S/C15H24N2O2/c1-11(2)13-6-5-7-14(10-13)19-9-8-17(4)15(18)12(3)16/h5-7,10-12H,8-9,16H2,1-4H3. The molecule has 0 radical (unpaired) electrons. The number of amides is 1. The van der Waals surface area contributed by atoms with Crippen molar-refractivity contribution in [1.82, 2.24) is 4.90 Å². The summed E-state index contributed by atoms with van der Waals surface area (Å²) in [4.78, 5) is 13.2. The van der Waals surface area contributed by atoms with E-state index in [0.717, 1.165) is 5.75 Å². The summed E-state index contributed by atoms with van der Waals surface area (Å²) in [7, 11) is 1.74. The molecule has 0 heterocycles. The number of carbonyl (C=O) groups is 1. The van der Waals surface area contributed by atoms with Gasteiger partial charge in [0.2, 0.25) is 5.91 Å². The lowest BCUT2D eigenvalue weighted by molar-refractivity contribution is -0.131. The minimum absolute atomic E-state index is 0.0699. The van der Waals surface area contributed by atoms with Crippen molar-refractivity contribution in [1.29, 1.82) is 0 Å². The van der Waals surface area contributed by atoms with Crippen molar-refractivity contribution in [2.24, 2.45) is 5.73 Å². The number of benzene rings is 1. The Bertz CT molecular complexity index is 416. The van der Waals surface area contributed by atoms with Crippen molar-refractivity contribution >= 4 is 5.91 Å². The van der Waals surface area contributed by atoms with Crippen molar-refractivity contribution in [3.8, 4) is 5.75 Å². The summed E-state index contributed by atoms with van der Waals surface area (Å²) < 4.78 is 5.66. The molecule has 0 aliphatic rings. The molecule has 0 aliphatic heterocycles. The van der Waals surface area contributed by atoms with Gasteiger partial charge in [-0.05, 0) is 30.5 Å². The second kappa shape index (κ2) is 7.14. The Balaban J connectivity index is 2.45. The number of nitrogens with zero attached hydrogens (tertiary/aromatic N) is 1. The highest BCUT2D eigenvalue weighted by Crippen LogP contribution is 2.19. The Morgan fingerprint density at radius 2 is 2.05 bits per heavy atom. The van der Waals surface area contributed by atoms with Gasteiger partial charge in [-0.15, -0.1) is 0 Å². The lowest BCUT2D eigenvalue weighted by Crippen LogP contribution is -2.41. The largest absolute Gasteiger partial charge is 0.492 e. The second-order valence-electron chi connectivity index (χ2n) is 5.12. The normalized spacial score (nSPS) is 12.3. The quantitative estimate of drug-likeness (QED) is 0.855. The Morgan fingerprint density at radius 1 is 1.37 bits per heavy atom. The van der Waals surface area contributed by atoms with Gasteiger partial charge in [0, 0.05) is 7.05 Å². The van der Waals surface area contributed by atoms with Crippen LogP contribution in [0.5, 0.6) is 5.75 Å². The van der Waals surface area contributed by atoms with E-state index in [1.807, 2.05) is 18.2 Å². The fraction of sp³-hybridized carbons (Fsp3) is 0.533. The summed E-state index contributed by atoms with van der Waals surface area (Å²) in [6.07, 6.45) is 0. The maximum atomic E-state index is 11.6. The number of likely N-dealkylation sites (N-methyl/N-ethyl adjacent to an activating group) is 1. The SMILES string of the molecule is CC(N)C(=O)N(C)CCOc1cccc(C(C)C)c1. The lowest BCUT2D eigenvalue weighted by Gasteiger charge is -2.19. The minimum atomic E-state index is -0.464. The van der Waals surface area contributed by atoms with Gasteiger partial charge < -0.3 is 15.4 Å². The van der Waals surface area contributed by atoms with Crippen LogP contribution in [-0.4, -0.2) is 37.0 Å². The van der Waals surface area contributed by atoms with Crippen LogP contribution in [0, 0.1) is 0 Å². The Labute approximate surface area is 115 Å². The highest BCUT2D eigenvalue weighted by molar-refractivity contribution is 5.80. The van der Waals surface area contributed by atoms with Crippen LogP contribution in [0.15, 0.2) is 24.3 Å². The fourth-order valence-corrected chi connectivity index (χ4v) is 1.72. The van der Waals surface area contributed by atoms with E-state index >= 15 is 0 Å². The topological polar surface area (TPSA) is 55.6 Å². The van der Waals surface area contributed by atoms with Crippen LogP contribution >= 0.6 is 0 Å². The number of carbonyl (C=O) groups excluding carboxylic acids is 1. The van der Waals surface area contributed by atoms with Gasteiger partial charge in [-0.2, -0.15) is 0 Å². The fourth-order valence-electron chi connectivity index (χ4n) is 1.72. The van der Waals surface area contributed by atoms with Gasteiger partial charge in [0.15, 0.2) is 0 Å². The predicted molar refractivity (Wildman–Crippen MR) is 77.3 cm³/mol. The van der Waals surface area contributed by atoms with Gasteiger partial charge in [-0.25, -0.2) is 0 Å². The summed E-state index contributed by atoms with van der Waals surface area (Å²) >= 11 is 0. The van der Waals surface area contributed by atoms with Gasteiger partial charge in [-0.1, -0.05) is 26.0 Å². The molecule has 0 aromatic heterocycles. The molecule has 106 valence electrons. The number of rotatable bonds is 6. The van der Waals surface area contributed by atoms with E-state index in [4.69, 9.17) is 10.5 Å². The molecule has 1 aromatic rings. The van der Waals surface area contributed by atoms with Gasteiger partial charge in [0.05, 0.1) is 12.6 Å². The van der Waals surface area contributed by atoms with E-state index in [2.05, 4.69) is 19.9 Å². The average molecular weight is 264 g/mol. The molecule has 0 saturated carbocycles. The monoisotopic (exact) mass is 264 g/mol. The Hall–Kier alpha value is -1.55. The van der Waals surface area contributed by atoms with Crippen LogP contribution in [0.4, 0.5) is 0 Å². The Morgan fingerprint density at radius 3 is 2.63 bits per heavy atom. The maximum absolute atomic E-state index is 11.6. The third-order valence-electron chi connectivity index (χ3n) is 2.99. The first-order chi connectivity index (χ1) is 8.91. The molecule has 4 nitrogen and oxygen atoms in total. The summed E-state index contributed by atoms with van der Waals surface area (Å²) in [6.45, 7) is 6.98. The summed E-state index contributed by atoms with van der Waals surface area (Å²) in [6, 6.07) is 7.58. The first-order valence-electron chi connectivity index (χ1n) is 6.65. The maximum Gasteiger partial charge on any atom is 0.239 e. The third-order valence-corrected chi connectivity index (χ3v) is 2.99. The van der Waals surface area contributed by atoms with Gasteiger partial charge in [0.25, 0.3) is 0 Å². The molecular formula is C15H24N2O2. The molecule has 19 heavy (non-hydrogen) atoms. The minimum Gasteiger partial charge on any atom is -0.492 e. The zero-order valence-electron chi connectivity index (χ0n) is 12.2. The molecule has 0 saturated heterocycles. The third kappa shape index (κ3) is 4.91. The molecule has 1 unspecified atom stereocenters. The van der Waals surface area contributed by atoms with Crippen LogP contribution in [-0.2, 0) is 4.79 Å². The highest BCUT2D eigenvalue weighted by atomic mass is 16.5. The predicted octanol–water partition coefficient (Wildman–Crippen LogP) is 1.99. The average Bonchev–Trinajstić information content (AvgIpc) is 2.37. The van der Waals surface area contributed by atoms with Crippen LogP contribution in [0.2, 0.25) is 0 Å². The Kier molecular flexibility index (Phi) is 5.83. The van der Waals surface area contributed by atoms with Crippen LogP contribution in [0.3, 0.4) is 0 Å². The zero-order valence-corrected chi connectivity index (χ0v) is 12.2. The first-order valence-corrected chi connectivity index (χ1v) is 6.65. The first kappa shape index (κ1) is 15.5. The van der Waals surface area contributed by atoms with E-state index in [1.54, 1.807) is 18.9 Å². The number of hydrogen-bond acceptors (Lipinski definition) is 3. The number of hydrogen-bond donors (Lipinski definition) is 1. The molecule has 0 aliphatic carbocycles. The number of ether oxygens (including phenoxy) is 1. The van der Waals surface area contributed by atoms with Crippen LogP contribution in [0.1, 0.15) is 32.3 Å². The van der Waals surface area contributed by atoms with Gasteiger partial charge >= 0.3 is 0 Å². The van der Waals surface area contributed by atoms with E-state index in [1.165, 1.54) is 5.56 Å².